The normalized spacial score (nSPS) is 21.9. The van der Waals surface area contributed by atoms with Crippen LogP contribution >= 0.6 is 12.2 Å². The highest BCUT2D eigenvalue weighted by Gasteiger charge is 2.31. The van der Waals surface area contributed by atoms with Gasteiger partial charge in [0.25, 0.3) is 5.91 Å². The van der Waals surface area contributed by atoms with E-state index in [9.17, 15) is 4.79 Å². The minimum atomic E-state index is -0.196. The summed E-state index contributed by atoms with van der Waals surface area (Å²) in [5.41, 5.74) is 6.13. The molecule has 1 fully saturated rings. The molecule has 0 bridgehead atoms. The maximum Gasteiger partial charge on any atom is 0.257 e. The molecule has 1 saturated carbocycles. The fourth-order valence-corrected chi connectivity index (χ4v) is 2.73. The molecule has 0 aromatic carbocycles. The van der Waals surface area contributed by atoms with E-state index in [-0.39, 0.29) is 17.9 Å². The SMILES string of the molecule is COc1ncccc1C(=O)NC1CCCC1C(N)=S. The van der Waals surface area contributed by atoms with Gasteiger partial charge in [0.1, 0.15) is 5.56 Å². The van der Waals surface area contributed by atoms with Crippen LogP contribution in [0.25, 0.3) is 0 Å². The van der Waals surface area contributed by atoms with Crippen LogP contribution in [0.15, 0.2) is 18.3 Å². The predicted molar refractivity (Wildman–Crippen MR) is 76.2 cm³/mol. The highest BCUT2D eigenvalue weighted by Crippen LogP contribution is 2.26. The largest absolute Gasteiger partial charge is 0.480 e. The summed E-state index contributed by atoms with van der Waals surface area (Å²) in [4.78, 5) is 16.7. The molecule has 1 heterocycles. The highest BCUT2D eigenvalue weighted by atomic mass is 32.1. The van der Waals surface area contributed by atoms with Crippen molar-refractivity contribution in [2.24, 2.45) is 11.7 Å². The van der Waals surface area contributed by atoms with Crippen LogP contribution in [0.3, 0.4) is 0 Å². The van der Waals surface area contributed by atoms with E-state index in [0.717, 1.165) is 19.3 Å². The van der Waals surface area contributed by atoms with E-state index >= 15 is 0 Å². The van der Waals surface area contributed by atoms with Crippen LogP contribution in [-0.4, -0.2) is 29.0 Å². The van der Waals surface area contributed by atoms with Crippen molar-refractivity contribution in [2.75, 3.05) is 7.11 Å². The summed E-state index contributed by atoms with van der Waals surface area (Å²) < 4.78 is 5.08. The Balaban J connectivity index is 2.10. The van der Waals surface area contributed by atoms with E-state index in [2.05, 4.69) is 10.3 Å². The van der Waals surface area contributed by atoms with Crippen molar-refractivity contribution >= 4 is 23.1 Å². The number of carbonyl (C=O) groups is 1. The number of aromatic nitrogens is 1. The molecule has 2 rings (SSSR count). The molecule has 1 aromatic heterocycles. The van der Waals surface area contributed by atoms with Gasteiger partial charge in [-0.1, -0.05) is 18.6 Å². The standard InChI is InChI=1S/C13H17N3O2S/c1-18-13-9(5-3-7-15-13)12(17)16-10-6-2-4-8(10)11(14)19/h3,5,7-8,10H,2,4,6H2,1H3,(H2,14,19)(H,16,17). The molecule has 6 heteroatoms. The number of rotatable bonds is 4. The van der Waals surface area contributed by atoms with Crippen molar-refractivity contribution in [2.45, 2.75) is 25.3 Å². The van der Waals surface area contributed by atoms with Crippen molar-refractivity contribution in [3.05, 3.63) is 23.9 Å². The monoisotopic (exact) mass is 279 g/mol. The minimum Gasteiger partial charge on any atom is -0.480 e. The van der Waals surface area contributed by atoms with Crippen LogP contribution in [0.4, 0.5) is 0 Å². The average Bonchev–Trinajstić information content (AvgIpc) is 2.87. The van der Waals surface area contributed by atoms with Gasteiger partial charge in [-0.3, -0.25) is 4.79 Å². The Morgan fingerprint density at radius 3 is 3.05 bits per heavy atom. The van der Waals surface area contributed by atoms with Crippen LogP contribution in [0.2, 0.25) is 0 Å². The second kappa shape index (κ2) is 5.97. The zero-order valence-electron chi connectivity index (χ0n) is 10.8. The van der Waals surface area contributed by atoms with Gasteiger partial charge in [0.05, 0.1) is 12.1 Å². The van der Waals surface area contributed by atoms with Crippen LogP contribution < -0.4 is 15.8 Å². The van der Waals surface area contributed by atoms with E-state index in [1.807, 2.05) is 0 Å². The summed E-state index contributed by atoms with van der Waals surface area (Å²) in [5, 5.41) is 2.97. The molecule has 1 amide bonds. The molecular formula is C13H17N3O2S. The van der Waals surface area contributed by atoms with Crippen molar-refractivity contribution < 1.29 is 9.53 Å². The Kier molecular flexibility index (Phi) is 4.31. The molecule has 102 valence electrons. The number of thiocarbonyl (C=S) groups is 1. The van der Waals surface area contributed by atoms with E-state index < -0.39 is 0 Å². The number of hydrogen-bond acceptors (Lipinski definition) is 4. The Labute approximate surface area is 117 Å². The molecular weight excluding hydrogens is 262 g/mol. The van der Waals surface area contributed by atoms with Crippen LogP contribution in [0.1, 0.15) is 29.6 Å². The summed E-state index contributed by atoms with van der Waals surface area (Å²) >= 11 is 5.04. The number of amides is 1. The fourth-order valence-electron chi connectivity index (χ4n) is 2.45. The first-order chi connectivity index (χ1) is 9.13. The first kappa shape index (κ1) is 13.7. The third-order valence-corrected chi connectivity index (χ3v) is 3.71. The molecule has 1 aliphatic rings. The Hall–Kier alpha value is -1.69. The number of ether oxygens (including phenoxy) is 1. The topological polar surface area (TPSA) is 77.2 Å². The number of nitrogens with one attached hydrogen (secondary N) is 1. The van der Waals surface area contributed by atoms with Crippen molar-refractivity contribution in [3.63, 3.8) is 0 Å². The van der Waals surface area contributed by atoms with Gasteiger partial charge in [0.15, 0.2) is 0 Å². The fraction of sp³-hybridized carbons (Fsp3) is 0.462. The predicted octanol–water partition coefficient (Wildman–Crippen LogP) is 1.27. The summed E-state index contributed by atoms with van der Waals surface area (Å²) in [6.07, 6.45) is 4.45. The molecule has 5 nitrogen and oxygen atoms in total. The number of pyridine rings is 1. The van der Waals surface area contributed by atoms with Crippen molar-refractivity contribution in [3.8, 4) is 5.88 Å². The number of hydrogen-bond donors (Lipinski definition) is 2. The Bertz CT molecular complexity index is 493. The summed E-state index contributed by atoms with van der Waals surface area (Å²) in [6.45, 7) is 0. The summed E-state index contributed by atoms with van der Waals surface area (Å²) in [7, 11) is 1.49. The smallest absolute Gasteiger partial charge is 0.257 e. The second-order valence-corrected chi connectivity index (χ2v) is 5.05. The molecule has 0 radical (unpaired) electrons. The van der Waals surface area contributed by atoms with Crippen LogP contribution in [-0.2, 0) is 0 Å². The quantitative estimate of drug-likeness (QED) is 0.812. The number of nitrogens with two attached hydrogens (primary N) is 1. The molecule has 19 heavy (non-hydrogen) atoms. The molecule has 0 saturated heterocycles. The molecule has 0 spiro atoms. The lowest BCUT2D eigenvalue weighted by Gasteiger charge is -2.20. The van der Waals surface area contributed by atoms with Crippen molar-refractivity contribution in [1.82, 2.24) is 10.3 Å². The lowest BCUT2D eigenvalue weighted by atomic mass is 10.0. The van der Waals surface area contributed by atoms with Crippen molar-refractivity contribution in [1.29, 1.82) is 0 Å². The van der Waals surface area contributed by atoms with Gasteiger partial charge in [-0.05, 0) is 25.0 Å². The van der Waals surface area contributed by atoms with Gasteiger partial charge >= 0.3 is 0 Å². The third-order valence-electron chi connectivity index (χ3n) is 3.41. The van der Waals surface area contributed by atoms with Gasteiger partial charge in [-0.15, -0.1) is 0 Å². The summed E-state index contributed by atoms with van der Waals surface area (Å²) in [5.74, 6) is 0.213. The second-order valence-electron chi connectivity index (χ2n) is 4.58. The van der Waals surface area contributed by atoms with E-state index in [1.54, 1.807) is 18.3 Å². The number of carbonyl (C=O) groups excluding carboxylic acids is 1. The maximum atomic E-state index is 12.2. The van der Waals surface area contributed by atoms with Crippen LogP contribution in [0.5, 0.6) is 5.88 Å². The van der Waals surface area contributed by atoms with Gasteiger partial charge in [0.2, 0.25) is 5.88 Å². The van der Waals surface area contributed by atoms with E-state index in [0.29, 0.717) is 16.4 Å². The Morgan fingerprint density at radius 2 is 2.37 bits per heavy atom. The van der Waals surface area contributed by atoms with E-state index in [4.69, 9.17) is 22.7 Å². The van der Waals surface area contributed by atoms with Gasteiger partial charge in [-0.2, -0.15) is 0 Å². The number of methoxy groups -OCH3 is 1. The van der Waals surface area contributed by atoms with Gasteiger partial charge < -0.3 is 15.8 Å². The molecule has 0 aliphatic heterocycles. The summed E-state index contributed by atoms with van der Waals surface area (Å²) in [6, 6.07) is 3.40. The zero-order valence-corrected chi connectivity index (χ0v) is 11.6. The zero-order chi connectivity index (χ0) is 13.8. The first-order valence-corrected chi connectivity index (χ1v) is 6.63. The first-order valence-electron chi connectivity index (χ1n) is 6.22. The minimum absolute atomic E-state index is 0.00918. The lowest BCUT2D eigenvalue weighted by molar-refractivity contribution is 0.0930. The molecule has 3 N–H and O–H groups in total. The highest BCUT2D eigenvalue weighted by molar-refractivity contribution is 7.80. The molecule has 1 aromatic rings. The number of nitrogens with zero attached hydrogens (tertiary/aromatic N) is 1. The maximum absolute atomic E-state index is 12.2. The van der Waals surface area contributed by atoms with Gasteiger partial charge in [-0.25, -0.2) is 4.98 Å². The molecule has 2 atom stereocenters. The Morgan fingerprint density at radius 1 is 1.58 bits per heavy atom. The van der Waals surface area contributed by atoms with Crippen LogP contribution in [0, 0.1) is 5.92 Å². The third kappa shape index (κ3) is 3.01. The van der Waals surface area contributed by atoms with E-state index in [1.165, 1.54) is 7.11 Å². The molecule has 2 unspecified atom stereocenters. The average molecular weight is 279 g/mol. The molecule has 1 aliphatic carbocycles. The lowest BCUT2D eigenvalue weighted by Crippen LogP contribution is -2.41. The van der Waals surface area contributed by atoms with Gasteiger partial charge in [0, 0.05) is 18.2 Å².